The van der Waals surface area contributed by atoms with E-state index in [-0.39, 0.29) is 17.4 Å². The summed E-state index contributed by atoms with van der Waals surface area (Å²) in [6, 6.07) is 8.94. The van der Waals surface area contributed by atoms with Gasteiger partial charge in [0.15, 0.2) is 0 Å². The molecular formula is C15H16F3NO. The van der Waals surface area contributed by atoms with Crippen LogP contribution in [0.4, 0.5) is 13.2 Å². The first-order valence-corrected chi connectivity index (χ1v) is 6.34. The molecule has 2 aromatic rings. The van der Waals surface area contributed by atoms with Gasteiger partial charge in [-0.2, -0.15) is 13.2 Å². The SMILES string of the molecule is CNC(C)Cc1ccc(-c2ccccc2C(F)(F)F)o1. The van der Waals surface area contributed by atoms with Crippen molar-refractivity contribution < 1.29 is 17.6 Å². The molecule has 1 N–H and O–H groups in total. The Morgan fingerprint density at radius 2 is 1.85 bits per heavy atom. The number of benzene rings is 1. The van der Waals surface area contributed by atoms with Gasteiger partial charge in [-0.05, 0) is 32.2 Å². The lowest BCUT2D eigenvalue weighted by Gasteiger charge is -2.11. The molecule has 5 heteroatoms. The first-order valence-electron chi connectivity index (χ1n) is 6.34. The average Bonchev–Trinajstić information content (AvgIpc) is 2.86. The Bertz CT molecular complexity index is 574. The molecule has 0 aliphatic rings. The number of alkyl halides is 3. The molecule has 20 heavy (non-hydrogen) atoms. The summed E-state index contributed by atoms with van der Waals surface area (Å²) >= 11 is 0. The summed E-state index contributed by atoms with van der Waals surface area (Å²) in [5, 5.41) is 3.06. The molecule has 0 amide bonds. The summed E-state index contributed by atoms with van der Waals surface area (Å²) in [6.45, 7) is 1.98. The first kappa shape index (κ1) is 14.7. The van der Waals surface area contributed by atoms with Gasteiger partial charge in [0.05, 0.1) is 5.56 Å². The van der Waals surface area contributed by atoms with E-state index in [1.54, 1.807) is 18.2 Å². The molecule has 1 aromatic carbocycles. The lowest BCUT2D eigenvalue weighted by molar-refractivity contribution is -0.137. The Hall–Kier alpha value is -1.75. The second kappa shape index (κ2) is 5.71. The van der Waals surface area contributed by atoms with Crippen LogP contribution in [0.1, 0.15) is 18.2 Å². The zero-order chi connectivity index (χ0) is 14.8. The van der Waals surface area contributed by atoms with Crippen LogP contribution in [0.5, 0.6) is 0 Å². The van der Waals surface area contributed by atoms with Gasteiger partial charge in [0.25, 0.3) is 0 Å². The molecule has 0 radical (unpaired) electrons. The molecule has 2 nitrogen and oxygen atoms in total. The van der Waals surface area contributed by atoms with Gasteiger partial charge in [0.1, 0.15) is 11.5 Å². The first-order chi connectivity index (χ1) is 9.41. The molecule has 0 fully saturated rings. The third kappa shape index (κ3) is 3.22. The summed E-state index contributed by atoms with van der Waals surface area (Å²) in [4.78, 5) is 0. The fourth-order valence-electron chi connectivity index (χ4n) is 1.98. The Balaban J connectivity index is 2.33. The largest absolute Gasteiger partial charge is 0.461 e. The summed E-state index contributed by atoms with van der Waals surface area (Å²) in [7, 11) is 1.83. The van der Waals surface area contributed by atoms with Crippen molar-refractivity contribution in [2.24, 2.45) is 0 Å². The van der Waals surface area contributed by atoms with E-state index in [0.29, 0.717) is 12.2 Å². The molecule has 1 unspecified atom stereocenters. The highest BCUT2D eigenvalue weighted by molar-refractivity contribution is 5.63. The minimum absolute atomic E-state index is 0.0726. The van der Waals surface area contributed by atoms with Crippen molar-refractivity contribution >= 4 is 0 Å². The maximum atomic E-state index is 13.0. The molecule has 0 bridgehead atoms. The Morgan fingerprint density at radius 3 is 2.50 bits per heavy atom. The Labute approximate surface area is 115 Å². The molecule has 1 aromatic heterocycles. The molecule has 108 valence electrons. The highest BCUT2D eigenvalue weighted by Crippen LogP contribution is 2.37. The predicted octanol–water partition coefficient (Wildman–Crippen LogP) is 4.12. The number of rotatable bonds is 4. The van der Waals surface area contributed by atoms with Crippen LogP contribution in [-0.2, 0) is 12.6 Å². The van der Waals surface area contributed by atoms with Gasteiger partial charge in [0, 0.05) is 18.0 Å². The normalized spacial score (nSPS) is 13.4. The van der Waals surface area contributed by atoms with Crippen LogP contribution in [0.15, 0.2) is 40.8 Å². The maximum Gasteiger partial charge on any atom is 0.417 e. The zero-order valence-electron chi connectivity index (χ0n) is 11.3. The second-order valence-corrected chi connectivity index (χ2v) is 4.70. The topological polar surface area (TPSA) is 25.2 Å². The predicted molar refractivity (Wildman–Crippen MR) is 71.4 cm³/mol. The van der Waals surface area contributed by atoms with E-state index in [1.165, 1.54) is 12.1 Å². The van der Waals surface area contributed by atoms with Crippen molar-refractivity contribution in [1.82, 2.24) is 5.32 Å². The molecular weight excluding hydrogens is 267 g/mol. The third-order valence-electron chi connectivity index (χ3n) is 3.16. The van der Waals surface area contributed by atoms with E-state index in [9.17, 15) is 13.2 Å². The van der Waals surface area contributed by atoms with Crippen LogP contribution >= 0.6 is 0 Å². The van der Waals surface area contributed by atoms with Crippen LogP contribution in [0.3, 0.4) is 0 Å². The third-order valence-corrected chi connectivity index (χ3v) is 3.16. The zero-order valence-corrected chi connectivity index (χ0v) is 11.3. The highest BCUT2D eigenvalue weighted by atomic mass is 19.4. The van der Waals surface area contributed by atoms with Crippen molar-refractivity contribution in [3.05, 3.63) is 47.7 Å². The van der Waals surface area contributed by atoms with E-state index in [1.807, 2.05) is 14.0 Å². The Morgan fingerprint density at radius 1 is 1.15 bits per heavy atom. The highest BCUT2D eigenvalue weighted by Gasteiger charge is 2.34. The summed E-state index contributed by atoms with van der Waals surface area (Å²) in [5.74, 6) is 0.912. The van der Waals surface area contributed by atoms with Gasteiger partial charge < -0.3 is 9.73 Å². The maximum absolute atomic E-state index is 13.0. The Kier molecular flexibility index (Phi) is 4.18. The smallest absolute Gasteiger partial charge is 0.417 e. The van der Waals surface area contributed by atoms with E-state index in [0.717, 1.165) is 6.07 Å². The van der Waals surface area contributed by atoms with Gasteiger partial charge in [-0.1, -0.05) is 18.2 Å². The lowest BCUT2D eigenvalue weighted by Crippen LogP contribution is -2.23. The quantitative estimate of drug-likeness (QED) is 0.913. The van der Waals surface area contributed by atoms with Gasteiger partial charge >= 0.3 is 6.18 Å². The van der Waals surface area contributed by atoms with E-state index < -0.39 is 11.7 Å². The van der Waals surface area contributed by atoms with Crippen LogP contribution in [-0.4, -0.2) is 13.1 Å². The summed E-state index contributed by atoms with van der Waals surface area (Å²) < 4.78 is 44.4. The fraction of sp³-hybridized carbons (Fsp3) is 0.333. The fourth-order valence-corrected chi connectivity index (χ4v) is 1.98. The van der Waals surface area contributed by atoms with Crippen LogP contribution in [0.25, 0.3) is 11.3 Å². The number of nitrogens with one attached hydrogen (secondary N) is 1. The van der Waals surface area contributed by atoms with Crippen LogP contribution in [0.2, 0.25) is 0 Å². The van der Waals surface area contributed by atoms with Gasteiger partial charge in [-0.25, -0.2) is 0 Å². The van der Waals surface area contributed by atoms with Gasteiger partial charge in [0.2, 0.25) is 0 Å². The molecule has 0 saturated heterocycles. The lowest BCUT2D eigenvalue weighted by atomic mass is 10.1. The number of likely N-dealkylation sites (N-methyl/N-ethyl adjacent to an activating group) is 1. The van der Waals surface area contributed by atoms with Crippen molar-refractivity contribution in [3.8, 4) is 11.3 Å². The second-order valence-electron chi connectivity index (χ2n) is 4.70. The van der Waals surface area contributed by atoms with Crippen LogP contribution in [0, 0.1) is 0 Å². The van der Waals surface area contributed by atoms with E-state index in [2.05, 4.69) is 5.32 Å². The van der Waals surface area contributed by atoms with Gasteiger partial charge in [-0.15, -0.1) is 0 Å². The molecule has 2 rings (SSSR count). The molecule has 0 spiro atoms. The van der Waals surface area contributed by atoms with Crippen LogP contribution < -0.4 is 5.32 Å². The minimum Gasteiger partial charge on any atom is -0.461 e. The van der Waals surface area contributed by atoms with Crippen molar-refractivity contribution in [1.29, 1.82) is 0 Å². The molecule has 1 heterocycles. The van der Waals surface area contributed by atoms with Gasteiger partial charge in [-0.3, -0.25) is 0 Å². The molecule has 0 aliphatic heterocycles. The molecule has 1 atom stereocenters. The van der Waals surface area contributed by atoms with E-state index >= 15 is 0 Å². The van der Waals surface area contributed by atoms with Crippen molar-refractivity contribution in [2.75, 3.05) is 7.05 Å². The van der Waals surface area contributed by atoms with E-state index in [4.69, 9.17) is 4.42 Å². The number of hydrogen-bond donors (Lipinski definition) is 1. The molecule has 0 aliphatic carbocycles. The number of hydrogen-bond acceptors (Lipinski definition) is 2. The molecule has 0 saturated carbocycles. The summed E-state index contributed by atoms with van der Waals surface area (Å²) in [6.07, 6.45) is -3.76. The average molecular weight is 283 g/mol. The number of halogens is 3. The standard InChI is InChI=1S/C15H16F3NO/c1-10(19-2)9-11-7-8-14(20-11)12-5-3-4-6-13(12)15(16,17)18/h3-8,10,19H,9H2,1-2H3. The van der Waals surface area contributed by atoms with Crippen molar-refractivity contribution in [3.63, 3.8) is 0 Å². The minimum atomic E-state index is -4.39. The summed E-state index contributed by atoms with van der Waals surface area (Å²) in [5.41, 5.74) is -0.606. The number of furan rings is 1. The monoisotopic (exact) mass is 283 g/mol. The van der Waals surface area contributed by atoms with Crippen molar-refractivity contribution in [2.45, 2.75) is 25.6 Å².